The first kappa shape index (κ1) is 13.3. The van der Waals surface area contributed by atoms with Gasteiger partial charge in [0.2, 0.25) is 5.89 Å². The maximum absolute atomic E-state index is 6.19. The first-order valence-electron chi connectivity index (χ1n) is 7.09. The van der Waals surface area contributed by atoms with Gasteiger partial charge in [0.15, 0.2) is 5.82 Å². The Kier molecular flexibility index (Phi) is 2.94. The molecule has 0 spiro atoms. The number of hydrogen-bond donors (Lipinski definition) is 1. The SMILES string of the molecule is CC(C)(C)C(N)c1nc(C2(c3ccccc3)CC2)no1. The van der Waals surface area contributed by atoms with Gasteiger partial charge in [-0.25, -0.2) is 0 Å². The molecular formula is C16H21N3O. The molecule has 1 saturated carbocycles. The summed E-state index contributed by atoms with van der Waals surface area (Å²) in [4.78, 5) is 4.58. The van der Waals surface area contributed by atoms with Gasteiger partial charge in [-0.2, -0.15) is 4.98 Å². The van der Waals surface area contributed by atoms with E-state index in [2.05, 4.69) is 55.2 Å². The minimum atomic E-state index is -0.240. The van der Waals surface area contributed by atoms with E-state index in [1.54, 1.807) is 0 Å². The molecule has 2 aromatic rings. The van der Waals surface area contributed by atoms with E-state index in [0.29, 0.717) is 5.89 Å². The molecule has 106 valence electrons. The third-order valence-corrected chi connectivity index (χ3v) is 4.15. The number of benzene rings is 1. The van der Waals surface area contributed by atoms with Gasteiger partial charge in [-0.1, -0.05) is 56.3 Å². The maximum atomic E-state index is 6.19. The second-order valence-corrected chi connectivity index (χ2v) is 6.75. The number of nitrogens with two attached hydrogens (primary N) is 1. The Bertz CT molecular complexity index is 594. The van der Waals surface area contributed by atoms with Crippen molar-refractivity contribution >= 4 is 0 Å². The topological polar surface area (TPSA) is 64.9 Å². The first-order valence-corrected chi connectivity index (χ1v) is 7.09. The zero-order chi connectivity index (χ0) is 14.4. The van der Waals surface area contributed by atoms with Gasteiger partial charge in [0.05, 0.1) is 11.5 Å². The average molecular weight is 271 g/mol. The van der Waals surface area contributed by atoms with Gasteiger partial charge in [0, 0.05) is 0 Å². The van der Waals surface area contributed by atoms with Crippen molar-refractivity contribution in [2.75, 3.05) is 0 Å². The lowest BCUT2D eigenvalue weighted by atomic mass is 9.87. The number of aromatic nitrogens is 2. The molecule has 1 aliphatic rings. The molecule has 3 rings (SSSR count). The Morgan fingerprint density at radius 3 is 2.40 bits per heavy atom. The van der Waals surface area contributed by atoms with Gasteiger partial charge in [-0.05, 0) is 23.8 Å². The second kappa shape index (κ2) is 4.42. The Hall–Kier alpha value is -1.68. The predicted molar refractivity (Wildman–Crippen MR) is 77.1 cm³/mol. The van der Waals surface area contributed by atoms with E-state index in [4.69, 9.17) is 10.3 Å². The number of hydrogen-bond acceptors (Lipinski definition) is 4. The van der Waals surface area contributed by atoms with Crippen molar-refractivity contribution in [1.29, 1.82) is 0 Å². The molecule has 1 unspecified atom stereocenters. The zero-order valence-corrected chi connectivity index (χ0v) is 12.3. The van der Waals surface area contributed by atoms with Crippen LogP contribution in [0.3, 0.4) is 0 Å². The third kappa shape index (κ3) is 2.14. The third-order valence-electron chi connectivity index (χ3n) is 4.15. The Morgan fingerprint density at radius 1 is 1.20 bits per heavy atom. The summed E-state index contributed by atoms with van der Waals surface area (Å²) in [5.41, 5.74) is 7.31. The van der Waals surface area contributed by atoms with Crippen LogP contribution in [-0.4, -0.2) is 10.1 Å². The van der Waals surface area contributed by atoms with E-state index in [1.165, 1.54) is 5.56 Å². The summed E-state index contributed by atoms with van der Waals surface area (Å²) < 4.78 is 5.41. The number of rotatable bonds is 3. The normalized spacial score (nSPS) is 18.8. The van der Waals surface area contributed by atoms with Crippen molar-refractivity contribution in [2.24, 2.45) is 11.1 Å². The van der Waals surface area contributed by atoms with Crippen LogP contribution in [0.25, 0.3) is 0 Å². The molecule has 4 heteroatoms. The van der Waals surface area contributed by atoms with Gasteiger partial charge in [-0.15, -0.1) is 0 Å². The van der Waals surface area contributed by atoms with Gasteiger partial charge < -0.3 is 10.3 Å². The predicted octanol–water partition coefficient (Wildman–Crippen LogP) is 3.20. The molecule has 1 fully saturated rings. The number of nitrogens with zero attached hydrogens (tertiary/aromatic N) is 2. The van der Waals surface area contributed by atoms with Crippen LogP contribution in [0.5, 0.6) is 0 Å². The van der Waals surface area contributed by atoms with Crippen LogP contribution >= 0.6 is 0 Å². The van der Waals surface area contributed by atoms with Crippen LogP contribution in [0.15, 0.2) is 34.9 Å². The van der Waals surface area contributed by atoms with Crippen molar-refractivity contribution in [3.8, 4) is 0 Å². The van der Waals surface area contributed by atoms with E-state index in [9.17, 15) is 0 Å². The van der Waals surface area contributed by atoms with E-state index >= 15 is 0 Å². The fraction of sp³-hybridized carbons (Fsp3) is 0.500. The molecule has 4 nitrogen and oxygen atoms in total. The highest BCUT2D eigenvalue weighted by molar-refractivity contribution is 5.38. The van der Waals surface area contributed by atoms with Gasteiger partial charge in [0.25, 0.3) is 0 Å². The molecule has 1 aliphatic carbocycles. The smallest absolute Gasteiger partial charge is 0.244 e. The molecule has 0 radical (unpaired) electrons. The molecule has 0 aliphatic heterocycles. The molecular weight excluding hydrogens is 250 g/mol. The standard InChI is InChI=1S/C16H21N3O/c1-15(2,3)12(17)13-18-14(19-20-13)16(9-10-16)11-7-5-4-6-8-11/h4-8,12H,9-10,17H2,1-3H3. The van der Waals surface area contributed by atoms with E-state index in [0.717, 1.165) is 18.7 Å². The highest BCUT2D eigenvalue weighted by atomic mass is 16.5. The first-order chi connectivity index (χ1) is 9.43. The lowest BCUT2D eigenvalue weighted by molar-refractivity contribution is 0.252. The van der Waals surface area contributed by atoms with Crippen LogP contribution in [0.1, 0.15) is 56.9 Å². The maximum Gasteiger partial charge on any atom is 0.244 e. The van der Waals surface area contributed by atoms with Crippen LogP contribution in [-0.2, 0) is 5.41 Å². The molecule has 0 bridgehead atoms. The van der Waals surface area contributed by atoms with E-state index < -0.39 is 0 Å². The fourth-order valence-corrected chi connectivity index (χ4v) is 2.45. The molecule has 1 aromatic carbocycles. The summed E-state index contributed by atoms with van der Waals surface area (Å²) in [5, 5.41) is 4.20. The molecule has 1 aromatic heterocycles. The van der Waals surface area contributed by atoms with Crippen LogP contribution in [0.2, 0.25) is 0 Å². The van der Waals surface area contributed by atoms with Gasteiger partial charge in [-0.3, -0.25) is 0 Å². The quantitative estimate of drug-likeness (QED) is 0.931. The van der Waals surface area contributed by atoms with Gasteiger partial charge >= 0.3 is 0 Å². The van der Waals surface area contributed by atoms with Crippen molar-refractivity contribution in [3.05, 3.63) is 47.6 Å². The minimum absolute atomic E-state index is 0.0549. The minimum Gasteiger partial charge on any atom is -0.338 e. The monoisotopic (exact) mass is 271 g/mol. The highest BCUT2D eigenvalue weighted by Gasteiger charge is 2.50. The highest BCUT2D eigenvalue weighted by Crippen LogP contribution is 2.52. The lowest BCUT2D eigenvalue weighted by Gasteiger charge is -2.23. The molecule has 0 saturated heterocycles. The molecule has 1 heterocycles. The van der Waals surface area contributed by atoms with Crippen LogP contribution < -0.4 is 5.73 Å². The van der Waals surface area contributed by atoms with E-state index in [-0.39, 0.29) is 16.9 Å². The molecule has 1 atom stereocenters. The zero-order valence-electron chi connectivity index (χ0n) is 12.3. The average Bonchev–Trinajstić information content (AvgIpc) is 3.09. The molecule has 0 amide bonds. The summed E-state index contributed by atoms with van der Waals surface area (Å²) in [6.07, 6.45) is 2.14. The Labute approximate surface area is 119 Å². The Balaban J connectivity index is 1.92. The van der Waals surface area contributed by atoms with Crippen molar-refractivity contribution in [2.45, 2.75) is 45.1 Å². The molecule has 2 N–H and O–H groups in total. The summed E-state index contributed by atoms with van der Waals surface area (Å²) in [7, 11) is 0. The van der Waals surface area contributed by atoms with Crippen LogP contribution in [0.4, 0.5) is 0 Å². The van der Waals surface area contributed by atoms with Gasteiger partial charge in [0.1, 0.15) is 0 Å². The summed E-state index contributed by atoms with van der Waals surface area (Å²) in [6, 6.07) is 10.2. The van der Waals surface area contributed by atoms with Crippen molar-refractivity contribution in [3.63, 3.8) is 0 Å². The van der Waals surface area contributed by atoms with Crippen molar-refractivity contribution in [1.82, 2.24) is 10.1 Å². The molecule has 20 heavy (non-hydrogen) atoms. The Morgan fingerprint density at radius 2 is 1.85 bits per heavy atom. The van der Waals surface area contributed by atoms with Crippen molar-refractivity contribution < 1.29 is 4.52 Å². The largest absolute Gasteiger partial charge is 0.338 e. The summed E-state index contributed by atoms with van der Waals surface area (Å²) >= 11 is 0. The van der Waals surface area contributed by atoms with E-state index in [1.807, 2.05) is 6.07 Å². The summed E-state index contributed by atoms with van der Waals surface area (Å²) in [6.45, 7) is 6.23. The fourth-order valence-electron chi connectivity index (χ4n) is 2.45. The summed E-state index contributed by atoms with van der Waals surface area (Å²) in [5.74, 6) is 1.31. The lowest BCUT2D eigenvalue weighted by Crippen LogP contribution is -2.26. The second-order valence-electron chi connectivity index (χ2n) is 6.75. The van der Waals surface area contributed by atoms with Crippen LogP contribution in [0, 0.1) is 5.41 Å².